The van der Waals surface area contributed by atoms with Crippen molar-refractivity contribution in [3.8, 4) is 11.5 Å². The number of amides is 1. The summed E-state index contributed by atoms with van der Waals surface area (Å²) >= 11 is 0. The van der Waals surface area contributed by atoms with Crippen molar-refractivity contribution in [2.45, 2.75) is 6.54 Å². The molecule has 5 nitrogen and oxygen atoms in total. The van der Waals surface area contributed by atoms with E-state index >= 15 is 0 Å². The molecule has 3 aromatic rings. The molecule has 1 N–H and O–H groups in total. The van der Waals surface area contributed by atoms with E-state index in [-0.39, 0.29) is 19.1 Å². The summed E-state index contributed by atoms with van der Waals surface area (Å²) in [5.74, 6) is 1.14. The average Bonchev–Trinajstić information content (AvgIpc) is 2.69. The highest BCUT2D eigenvalue weighted by molar-refractivity contribution is 5.94. The van der Waals surface area contributed by atoms with Gasteiger partial charge in [0.2, 0.25) is 0 Å². The van der Waals surface area contributed by atoms with Gasteiger partial charge in [-0.3, -0.25) is 9.78 Å². The minimum atomic E-state index is -0.129. The molecule has 0 atom stereocenters. The second-order valence-electron chi connectivity index (χ2n) is 5.75. The number of carbonyl (C=O) groups excluding carboxylic acids is 1. The fraction of sp³-hybridized carbons (Fsp3) is 0.143. The molecule has 26 heavy (non-hydrogen) atoms. The number of rotatable bonds is 7. The topological polar surface area (TPSA) is 62.7 Å². The molecular weight excluding hydrogens is 328 g/mol. The first-order valence-electron chi connectivity index (χ1n) is 8.38. The maximum absolute atomic E-state index is 12.8. The molecule has 2 aromatic carbocycles. The number of carbonyl (C=O) groups is 1. The Labute approximate surface area is 152 Å². The van der Waals surface area contributed by atoms with E-state index in [4.69, 9.17) is 4.74 Å². The zero-order chi connectivity index (χ0) is 18.2. The third-order valence-electron chi connectivity index (χ3n) is 3.84. The Kier molecular flexibility index (Phi) is 5.96. The smallest absolute Gasteiger partial charge is 0.254 e. The third-order valence-corrected chi connectivity index (χ3v) is 3.84. The number of aliphatic hydroxyl groups excluding tert-OH is 1. The molecule has 0 unspecified atom stereocenters. The first kappa shape index (κ1) is 17.6. The molecule has 0 aliphatic rings. The number of pyridine rings is 1. The summed E-state index contributed by atoms with van der Waals surface area (Å²) in [6.07, 6.45) is 3.30. The Morgan fingerprint density at radius 3 is 2.38 bits per heavy atom. The molecule has 0 radical (unpaired) electrons. The lowest BCUT2D eigenvalue weighted by atomic mass is 10.1. The van der Waals surface area contributed by atoms with Crippen LogP contribution >= 0.6 is 0 Å². The monoisotopic (exact) mass is 348 g/mol. The number of hydrogen-bond acceptors (Lipinski definition) is 4. The van der Waals surface area contributed by atoms with E-state index < -0.39 is 0 Å². The summed E-state index contributed by atoms with van der Waals surface area (Å²) in [4.78, 5) is 18.4. The predicted molar refractivity (Wildman–Crippen MR) is 99.0 cm³/mol. The normalized spacial score (nSPS) is 10.3. The zero-order valence-corrected chi connectivity index (χ0v) is 14.3. The van der Waals surface area contributed by atoms with E-state index in [2.05, 4.69) is 4.98 Å². The van der Waals surface area contributed by atoms with Crippen molar-refractivity contribution in [2.75, 3.05) is 13.2 Å². The van der Waals surface area contributed by atoms with Crippen LogP contribution in [0, 0.1) is 0 Å². The van der Waals surface area contributed by atoms with Gasteiger partial charge >= 0.3 is 0 Å². The number of benzene rings is 2. The van der Waals surface area contributed by atoms with Crippen LogP contribution in [0.1, 0.15) is 15.9 Å². The highest BCUT2D eigenvalue weighted by Gasteiger charge is 2.16. The van der Waals surface area contributed by atoms with E-state index in [1.54, 1.807) is 47.6 Å². The summed E-state index contributed by atoms with van der Waals surface area (Å²) in [5, 5.41) is 9.30. The molecule has 0 saturated carbocycles. The average molecular weight is 348 g/mol. The van der Waals surface area contributed by atoms with E-state index in [0.29, 0.717) is 23.6 Å². The van der Waals surface area contributed by atoms with Crippen LogP contribution in [-0.2, 0) is 6.54 Å². The summed E-state index contributed by atoms with van der Waals surface area (Å²) in [6.45, 7) is 0.649. The van der Waals surface area contributed by atoms with Crippen LogP contribution in [0.25, 0.3) is 0 Å². The minimum absolute atomic E-state index is 0.0826. The minimum Gasteiger partial charge on any atom is -0.456 e. The number of ether oxygens (including phenoxy) is 1. The number of nitrogens with zero attached hydrogens (tertiary/aromatic N) is 2. The second kappa shape index (κ2) is 8.78. The highest BCUT2D eigenvalue weighted by Crippen LogP contribution is 2.21. The van der Waals surface area contributed by atoms with Crippen LogP contribution in [-0.4, -0.2) is 34.0 Å². The van der Waals surface area contributed by atoms with Crippen molar-refractivity contribution in [1.82, 2.24) is 9.88 Å². The van der Waals surface area contributed by atoms with Crippen molar-refractivity contribution in [1.29, 1.82) is 0 Å². The third kappa shape index (κ3) is 4.68. The zero-order valence-electron chi connectivity index (χ0n) is 14.3. The van der Waals surface area contributed by atoms with Gasteiger partial charge in [-0.05, 0) is 42.0 Å². The van der Waals surface area contributed by atoms with Crippen molar-refractivity contribution in [3.63, 3.8) is 0 Å². The molecule has 1 amide bonds. The van der Waals surface area contributed by atoms with Gasteiger partial charge in [0.1, 0.15) is 11.5 Å². The summed E-state index contributed by atoms with van der Waals surface area (Å²) in [7, 11) is 0. The van der Waals surface area contributed by atoms with Crippen LogP contribution in [0.5, 0.6) is 11.5 Å². The molecule has 3 rings (SSSR count). The fourth-order valence-electron chi connectivity index (χ4n) is 2.57. The molecule has 0 fully saturated rings. The van der Waals surface area contributed by atoms with Gasteiger partial charge in [-0.2, -0.15) is 0 Å². The van der Waals surface area contributed by atoms with Crippen LogP contribution in [0.15, 0.2) is 79.1 Å². The quantitative estimate of drug-likeness (QED) is 0.710. The SMILES string of the molecule is O=C(c1ccc(Oc2cccnc2)cc1)N(CCO)Cc1ccccc1. The van der Waals surface area contributed by atoms with Gasteiger partial charge in [0, 0.05) is 24.8 Å². The Balaban J connectivity index is 1.70. The maximum Gasteiger partial charge on any atom is 0.254 e. The number of aromatic nitrogens is 1. The van der Waals surface area contributed by atoms with Crippen LogP contribution in [0.4, 0.5) is 0 Å². The maximum atomic E-state index is 12.8. The molecule has 0 aliphatic heterocycles. The molecule has 0 aliphatic carbocycles. The summed E-state index contributed by atoms with van der Waals surface area (Å²) in [5.41, 5.74) is 1.57. The lowest BCUT2D eigenvalue weighted by molar-refractivity contribution is 0.0708. The van der Waals surface area contributed by atoms with Crippen molar-refractivity contribution < 1.29 is 14.6 Å². The first-order valence-corrected chi connectivity index (χ1v) is 8.38. The fourth-order valence-corrected chi connectivity index (χ4v) is 2.57. The van der Waals surface area contributed by atoms with Crippen LogP contribution in [0.2, 0.25) is 0 Å². The molecular formula is C21H20N2O3. The Morgan fingerprint density at radius 2 is 1.73 bits per heavy atom. The van der Waals surface area contributed by atoms with E-state index in [0.717, 1.165) is 5.56 Å². The highest BCUT2D eigenvalue weighted by atomic mass is 16.5. The standard InChI is InChI=1S/C21H20N2O3/c24-14-13-23(16-17-5-2-1-3-6-17)21(25)18-8-10-19(11-9-18)26-20-7-4-12-22-15-20/h1-12,15,24H,13-14,16H2. The molecule has 0 bridgehead atoms. The molecule has 5 heteroatoms. The van der Waals surface area contributed by atoms with Crippen LogP contribution < -0.4 is 4.74 Å². The lowest BCUT2D eigenvalue weighted by Gasteiger charge is -2.22. The Bertz CT molecular complexity index is 821. The van der Waals surface area contributed by atoms with Gasteiger partial charge in [-0.25, -0.2) is 0 Å². The van der Waals surface area contributed by atoms with Gasteiger partial charge in [0.25, 0.3) is 5.91 Å². The van der Waals surface area contributed by atoms with Gasteiger partial charge in [0.05, 0.1) is 12.8 Å². The molecule has 1 aromatic heterocycles. The number of hydrogen-bond donors (Lipinski definition) is 1. The molecule has 1 heterocycles. The summed E-state index contributed by atoms with van der Waals surface area (Å²) < 4.78 is 5.69. The van der Waals surface area contributed by atoms with Gasteiger partial charge in [-0.1, -0.05) is 30.3 Å². The van der Waals surface area contributed by atoms with E-state index in [9.17, 15) is 9.90 Å². The van der Waals surface area contributed by atoms with E-state index in [1.165, 1.54) is 0 Å². The predicted octanol–water partition coefficient (Wildman–Crippen LogP) is 3.51. The molecule has 132 valence electrons. The largest absolute Gasteiger partial charge is 0.456 e. The Hall–Kier alpha value is -3.18. The van der Waals surface area contributed by atoms with Gasteiger partial charge in [-0.15, -0.1) is 0 Å². The van der Waals surface area contributed by atoms with Gasteiger partial charge in [0.15, 0.2) is 0 Å². The second-order valence-corrected chi connectivity index (χ2v) is 5.75. The molecule has 0 saturated heterocycles. The van der Waals surface area contributed by atoms with Crippen molar-refractivity contribution in [3.05, 3.63) is 90.3 Å². The van der Waals surface area contributed by atoms with Crippen molar-refractivity contribution >= 4 is 5.91 Å². The molecule has 0 spiro atoms. The number of aliphatic hydroxyl groups is 1. The van der Waals surface area contributed by atoms with Gasteiger partial charge < -0.3 is 14.7 Å². The first-order chi connectivity index (χ1) is 12.8. The van der Waals surface area contributed by atoms with E-state index in [1.807, 2.05) is 36.4 Å². The lowest BCUT2D eigenvalue weighted by Crippen LogP contribution is -2.33. The summed E-state index contributed by atoms with van der Waals surface area (Å²) in [6, 6.07) is 20.3. The Morgan fingerprint density at radius 1 is 0.962 bits per heavy atom. The van der Waals surface area contributed by atoms with Crippen molar-refractivity contribution in [2.24, 2.45) is 0 Å². The van der Waals surface area contributed by atoms with Crippen LogP contribution in [0.3, 0.4) is 0 Å².